The molecule has 1 N–H and O–H groups in total. The lowest BCUT2D eigenvalue weighted by molar-refractivity contribution is -0.144. The van der Waals surface area contributed by atoms with Gasteiger partial charge >= 0.3 is 5.97 Å². The monoisotopic (exact) mass is 363 g/mol. The van der Waals surface area contributed by atoms with E-state index in [4.69, 9.17) is 0 Å². The van der Waals surface area contributed by atoms with Crippen molar-refractivity contribution in [1.29, 1.82) is 0 Å². The molecule has 6 nitrogen and oxygen atoms in total. The molecule has 1 fully saturated rings. The maximum absolute atomic E-state index is 14.0. The number of hydrogen-bond acceptors (Lipinski definition) is 3. The first-order valence-corrected chi connectivity index (χ1v) is 8.35. The Bertz CT molecular complexity index is 845. The second-order valence-electron chi connectivity index (χ2n) is 6.50. The molecule has 1 amide bonds. The smallest absolute Gasteiger partial charge is 0.308 e. The fourth-order valence-electron chi connectivity index (χ4n) is 3.39. The van der Waals surface area contributed by atoms with Gasteiger partial charge in [-0.05, 0) is 38.8 Å². The molecule has 138 valence electrons. The van der Waals surface area contributed by atoms with Crippen molar-refractivity contribution in [2.24, 2.45) is 5.92 Å². The number of nitrogens with zero attached hydrogens (tertiary/aromatic N) is 3. The van der Waals surface area contributed by atoms with Crippen LogP contribution < -0.4 is 0 Å². The van der Waals surface area contributed by atoms with Crippen molar-refractivity contribution in [3.05, 3.63) is 47.3 Å². The third-order valence-corrected chi connectivity index (χ3v) is 4.83. The number of hydrogen-bond donors (Lipinski definition) is 1. The van der Waals surface area contributed by atoms with E-state index in [2.05, 4.69) is 5.10 Å². The Kier molecular flexibility index (Phi) is 4.76. The molecule has 3 rings (SSSR count). The summed E-state index contributed by atoms with van der Waals surface area (Å²) in [4.78, 5) is 25.7. The van der Waals surface area contributed by atoms with Gasteiger partial charge in [0.15, 0.2) is 17.3 Å². The number of amides is 1. The zero-order chi connectivity index (χ0) is 19.0. The van der Waals surface area contributed by atoms with Crippen LogP contribution in [0, 0.1) is 24.5 Å². The largest absolute Gasteiger partial charge is 0.481 e. The number of aromatic nitrogens is 2. The van der Waals surface area contributed by atoms with Crippen molar-refractivity contribution in [3.63, 3.8) is 0 Å². The number of likely N-dealkylation sites (tertiary alicyclic amines) is 1. The van der Waals surface area contributed by atoms with Crippen molar-refractivity contribution in [2.45, 2.75) is 32.7 Å². The summed E-state index contributed by atoms with van der Waals surface area (Å²) < 4.78 is 29.0. The first-order valence-electron chi connectivity index (χ1n) is 8.35. The topological polar surface area (TPSA) is 75.4 Å². The van der Waals surface area contributed by atoms with E-state index in [9.17, 15) is 23.5 Å². The standard InChI is InChI=1S/C18H19F2N3O3/c1-10-9-23(16-13(19)6-3-7-14(16)20)21-15(10)17(24)22-8-4-5-12(11(22)2)18(25)26/h3,6-7,9,11-12H,4-5,8H2,1-2H3,(H,25,26)/t11-,12-/m1/s1. The summed E-state index contributed by atoms with van der Waals surface area (Å²) in [5.74, 6) is -3.59. The number of carbonyl (C=O) groups is 2. The molecule has 0 radical (unpaired) electrons. The minimum atomic E-state index is -0.939. The van der Waals surface area contributed by atoms with Crippen LogP contribution in [0.3, 0.4) is 0 Å². The molecule has 2 aromatic rings. The lowest BCUT2D eigenvalue weighted by Crippen LogP contribution is -2.49. The molecule has 2 heterocycles. The average Bonchev–Trinajstić information content (AvgIpc) is 2.95. The highest BCUT2D eigenvalue weighted by molar-refractivity contribution is 5.94. The maximum Gasteiger partial charge on any atom is 0.308 e. The van der Waals surface area contributed by atoms with Gasteiger partial charge in [0.2, 0.25) is 0 Å². The summed E-state index contributed by atoms with van der Waals surface area (Å²) in [5, 5.41) is 13.4. The van der Waals surface area contributed by atoms with Crippen LogP contribution in [0.1, 0.15) is 35.8 Å². The van der Waals surface area contributed by atoms with Gasteiger partial charge in [0, 0.05) is 24.3 Å². The Morgan fingerprint density at radius 2 is 1.92 bits per heavy atom. The lowest BCUT2D eigenvalue weighted by atomic mass is 9.90. The van der Waals surface area contributed by atoms with Gasteiger partial charge in [0.05, 0.1) is 5.92 Å². The highest BCUT2D eigenvalue weighted by Gasteiger charge is 2.36. The van der Waals surface area contributed by atoms with E-state index in [1.54, 1.807) is 13.8 Å². The van der Waals surface area contributed by atoms with E-state index in [0.29, 0.717) is 24.9 Å². The van der Waals surface area contributed by atoms with E-state index in [-0.39, 0.29) is 11.4 Å². The first kappa shape index (κ1) is 18.0. The minimum Gasteiger partial charge on any atom is -0.481 e. The second-order valence-corrected chi connectivity index (χ2v) is 6.50. The quantitative estimate of drug-likeness (QED) is 0.910. The fraction of sp³-hybridized carbons (Fsp3) is 0.389. The predicted octanol–water partition coefficient (Wildman–Crippen LogP) is 2.78. The van der Waals surface area contributed by atoms with E-state index in [1.807, 2.05) is 0 Å². The second kappa shape index (κ2) is 6.86. The number of benzene rings is 1. The average molecular weight is 363 g/mol. The molecule has 0 unspecified atom stereocenters. The minimum absolute atomic E-state index is 0.0607. The number of halogens is 2. The molecule has 1 saturated heterocycles. The van der Waals surface area contributed by atoms with E-state index in [0.717, 1.165) is 16.8 Å². The number of para-hydroxylation sites is 1. The zero-order valence-corrected chi connectivity index (χ0v) is 14.4. The summed E-state index contributed by atoms with van der Waals surface area (Å²) >= 11 is 0. The number of carbonyl (C=O) groups excluding carboxylic acids is 1. The summed E-state index contributed by atoms with van der Waals surface area (Å²) in [7, 11) is 0. The number of aryl methyl sites for hydroxylation is 1. The van der Waals surface area contributed by atoms with Gasteiger partial charge in [-0.15, -0.1) is 0 Å². The van der Waals surface area contributed by atoms with Crippen molar-refractivity contribution in [1.82, 2.24) is 14.7 Å². The molecule has 1 aromatic heterocycles. The predicted molar refractivity (Wildman–Crippen MR) is 89.1 cm³/mol. The zero-order valence-electron chi connectivity index (χ0n) is 14.4. The number of piperidine rings is 1. The van der Waals surface area contributed by atoms with Crippen LogP contribution >= 0.6 is 0 Å². The molecule has 1 aliphatic rings. The van der Waals surface area contributed by atoms with Gasteiger partial charge in [-0.2, -0.15) is 5.10 Å². The van der Waals surface area contributed by atoms with Crippen LogP contribution in [0.2, 0.25) is 0 Å². The Balaban J connectivity index is 1.94. The molecule has 1 aliphatic heterocycles. The lowest BCUT2D eigenvalue weighted by Gasteiger charge is -2.37. The Morgan fingerprint density at radius 3 is 2.54 bits per heavy atom. The number of carboxylic acids is 1. The van der Waals surface area contributed by atoms with Crippen LogP contribution in [-0.4, -0.2) is 44.3 Å². The van der Waals surface area contributed by atoms with Gasteiger partial charge in [0.1, 0.15) is 5.69 Å². The Hall–Kier alpha value is -2.77. The van der Waals surface area contributed by atoms with Crippen molar-refractivity contribution in [3.8, 4) is 5.69 Å². The van der Waals surface area contributed by atoms with Gasteiger partial charge in [-0.25, -0.2) is 13.5 Å². The number of carboxylic acid groups (broad SMARTS) is 1. The third kappa shape index (κ3) is 3.07. The van der Waals surface area contributed by atoms with Gasteiger partial charge in [-0.3, -0.25) is 9.59 Å². The fourth-order valence-corrected chi connectivity index (χ4v) is 3.39. The van der Waals surface area contributed by atoms with Crippen LogP contribution in [-0.2, 0) is 4.79 Å². The van der Waals surface area contributed by atoms with Crippen LogP contribution in [0.4, 0.5) is 8.78 Å². The third-order valence-electron chi connectivity index (χ3n) is 4.83. The molecule has 1 aromatic carbocycles. The summed E-state index contributed by atoms with van der Waals surface area (Å²) in [6, 6.07) is 2.99. The van der Waals surface area contributed by atoms with Crippen LogP contribution in [0.5, 0.6) is 0 Å². The van der Waals surface area contributed by atoms with Gasteiger partial charge < -0.3 is 10.0 Å². The van der Waals surface area contributed by atoms with E-state index in [1.165, 1.54) is 17.2 Å². The van der Waals surface area contributed by atoms with Crippen molar-refractivity contribution in [2.75, 3.05) is 6.54 Å². The number of rotatable bonds is 3. The molecule has 0 bridgehead atoms. The maximum atomic E-state index is 14.0. The molecule has 8 heteroatoms. The van der Waals surface area contributed by atoms with Crippen LogP contribution in [0.25, 0.3) is 5.69 Å². The van der Waals surface area contributed by atoms with E-state index < -0.39 is 35.5 Å². The van der Waals surface area contributed by atoms with E-state index >= 15 is 0 Å². The molecule has 0 saturated carbocycles. The van der Waals surface area contributed by atoms with Crippen molar-refractivity contribution < 1.29 is 23.5 Å². The summed E-state index contributed by atoms with van der Waals surface area (Å²) in [6.07, 6.45) is 2.47. The van der Waals surface area contributed by atoms with Gasteiger partial charge in [0.25, 0.3) is 5.91 Å². The molecule has 0 spiro atoms. The molecule has 0 aliphatic carbocycles. The summed E-state index contributed by atoms with van der Waals surface area (Å²) in [6.45, 7) is 3.74. The Labute approximate surface area is 149 Å². The molecular formula is C18H19F2N3O3. The highest BCUT2D eigenvalue weighted by atomic mass is 19.1. The van der Waals surface area contributed by atoms with Crippen LogP contribution in [0.15, 0.2) is 24.4 Å². The first-order chi connectivity index (χ1) is 12.3. The summed E-state index contributed by atoms with van der Waals surface area (Å²) in [5.41, 5.74) is 0.164. The van der Waals surface area contributed by atoms with Gasteiger partial charge in [-0.1, -0.05) is 6.07 Å². The molecule has 2 atom stereocenters. The molecule has 26 heavy (non-hydrogen) atoms. The highest BCUT2D eigenvalue weighted by Crippen LogP contribution is 2.26. The number of aliphatic carboxylic acids is 1. The Morgan fingerprint density at radius 1 is 1.27 bits per heavy atom. The van der Waals surface area contributed by atoms with Crippen molar-refractivity contribution >= 4 is 11.9 Å². The molecular weight excluding hydrogens is 344 g/mol. The normalized spacial score (nSPS) is 20.2. The SMILES string of the molecule is Cc1cn(-c2c(F)cccc2F)nc1C(=O)N1CCC[C@@H](C(=O)O)[C@H]1C.